The number of piperazine rings is 1. The van der Waals surface area contributed by atoms with Gasteiger partial charge in [0.2, 0.25) is 11.9 Å². The second-order valence-electron chi connectivity index (χ2n) is 6.17. The molecule has 3 amide bonds. The molecule has 2 aromatic rings. The lowest BCUT2D eigenvalue weighted by Crippen LogP contribution is -2.49. The lowest BCUT2D eigenvalue weighted by atomic mass is 10.3. The Morgan fingerprint density at radius 1 is 1.14 bits per heavy atom. The molecule has 0 saturated carbocycles. The summed E-state index contributed by atoms with van der Waals surface area (Å²) in [7, 11) is 0. The molecule has 0 bridgehead atoms. The van der Waals surface area contributed by atoms with Crippen LogP contribution >= 0.6 is 15.9 Å². The maximum atomic E-state index is 13.1. The molecule has 1 saturated heterocycles. The van der Waals surface area contributed by atoms with Crippen molar-refractivity contribution in [3.63, 3.8) is 0 Å². The van der Waals surface area contributed by atoms with Crippen LogP contribution in [-0.2, 0) is 4.79 Å². The summed E-state index contributed by atoms with van der Waals surface area (Å²) in [6.45, 7) is 2.73. The summed E-state index contributed by atoms with van der Waals surface area (Å²) in [4.78, 5) is 36.5. The Kier molecular flexibility index (Phi) is 6.75. The number of carbonyl (C=O) groups is 2. The molecule has 1 aliphatic rings. The molecule has 28 heavy (non-hydrogen) atoms. The fourth-order valence-electron chi connectivity index (χ4n) is 2.81. The fraction of sp³-hybridized carbons (Fsp3) is 0.333. The van der Waals surface area contributed by atoms with Crippen molar-refractivity contribution in [3.8, 4) is 0 Å². The maximum absolute atomic E-state index is 13.1. The number of benzene rings is 1. The predicted molar refractivity (Wildman–Crippen MR) is 107 cm³/mol. The first-order chi connectivity index (χ1) is 13.5. The third-order valence-electron chi connectivity index (χ3n) is 4.27. The molecule has 0 unspecified atom stereocenters. The van der Waals surface area contributed by atoms with Crippen molar-refractivity contribution >= 4 is 39.5 Å². The minimum absolute atomic E-state index is 0.0168. The van der Waals surface area contributed by atoms with Crippen molar-refractivity contribution in [1.29, 1.82) is 0 Å². The normalized spacial score (nSPS) is 13.9. The minimum atomic E-state index is -0.453. The summed E-state index contributed by atoms with van der Waals surface area (Å²) in [6, 6.07) is 5.29. The van der Waals surface area contributed by atoms with E-state index in [-0.39, 0.29) is 18.9 Å². The monoisotopic (exact) mass is 450 g/mol. The Bertz CT molecular complexity index is 830. The van der Waals surface area contributed by atoms with E-state index < -0.39 is 11.8 Å². The molecule has 2 heterocycles. The smallest absolute Gasteiger partial charge is 0.319 e. The zero-order chi connectivity index (χ0) is 19.9. The van der Waals surface area contributed by atoms with E-state index in [0.29, 0.717) is 42.3 Å². The second kappa shape index (κ2) is 9.45. The number of hydrogen-bond donors (Lipinski definition) is 2. The standard InChI is InChI=1S/C18H20BrFN6O2/c19-14-12-13(20)2-3-15(14)24-18(28)23-7-4-16(27)25-8-10-26(11-9-25)17-21-5-1-6-22-17/h1-3,5-6,12H,4,7-11H2,(H2,23,24,28). The topological polar surface area (TPSA) is 90.5 Å². The molecule has 8 nitrogen and oxygen atoms in total. The maximum Gasteiger partial charge on any atom is 0.319 e. The number of nitrogens with zero attached hydrogens (tertiary/aromatic N) is 4. The van der Waals surface area contributed by atoms with Gasteiger partial charge in [0, 0.05) is 56.0 Å². The number of anilines is 2. The average Bonchev–Trinajstić information content (AvgIpc) is 2.71. The van der Waals surface area contributed by atoms with Gasteiger partial charge in [-0.3, -0.25) is 4.79 Å². The lowest BCUT2D eigenvalue weighted by molar-refractivity contribution is -0.131. The summed E-state index contributed by atoms with van der Waals surface area (Å²) >= 11 is 3.18. The van der Waals surface area contributed by atoms with Crippen LogP contribution < -0.4 is 15.5 Å². The van der Waals surface area contributed by atoms with Gasteiger partial charge >= 0.3 is 6.03 Å². The van der Waals surface area contributed by atoms with Gasteiger partial charge in [-0.05, 0) is 40.2 Å². The number of halogens is 2. The highest BCUT2D eigenvalue weighted by atomic mass is 79.9. The van der Waals surface area contributed by atoms with E-state index in [9.17, 15) is 14.0 Å². The molecule has 1 aliphatic heterocycles. The number of hydrogen-bond acceptors (Lipinski definition) is 5. The first kappa shape index (κ1) is 20.0. The highest BCUT2D eigenvalue weighted by Gasteiger charge is 2.22. The van der Waals surface area contributed by atoms with Crippen LogP contribution in [0.5, 0.6) is 0 Å². The van der Waals surface area contributed by atoms with E-state index in [0.717, 1.165) is 0 Å². The second-order valence-corrected chi connectivity index (χ2v) is 7.03. The highest BCUT2D eigenvalue weighted by molar-refractivity contribution is 9.10. The zero-order valence-electron chi connectivity index (χ0n) is 15.1. The van der Waals surface area contributed by atoms with Crippen molar-refractivity contribution in [2.24, 2.45) is 0 Å². The molecule has 0 atom stereocenters. The molecule has 0 radical (unpaired) electrons. The molecule has 1 aromatic carbocycles. The van der Waals surface area contributed by atoms with Gasteiger partial charge in [0.25, 0.3) is 0 Å². The molecule has 148 valence electrons. The lowest BCUT2D eigenvalue weighted by Gasteiger charge is -2.34. The number of nitrogens with one attached hydrogen (secondary N) is 2. The van der Waals surface area contributed by atoms with Crippen molar-refractivity contribution in [2.45, 2.75) is 6.42 Å². The third kappa shape index (κ3) is 5.38. The largest absolute Gasteiger partial charge is 0.339 e. The van der Waals surface area contributed by atoms with Crippen LogP contribution in [0.3, 0.4) is 0 Å². The van der Waals surface area contributed by atoms with Crippen molar-refractivity contribution in [3.05, 3.63) is 46.9 Å². The molecular formula is C18H20BrFN6O2. The summed E-state index contributed by atoms with van der Waals surface area (Å²) in [5.41, 5.74) is 0.449. The highest BCUT2D eigenvalue weighted by Crippen LogP contribution is 2.22. The summed E-state index contributed by atoms with van der Waals surface area (Å²) < 4.78 is 13.5. The zero-order valence-corrected chi connectivity index (χ0v) is 16.7. The molecule has 10 heteroatoms. The van der Waals surface area contributed by atoms with Crippen LogP contribution in [0.15, 0.2) is 41.1 Å². The van der Waals surface area contributed by atoms with Gasteiger partial charge in [-0.25, -0.2) is 19.2 Å². The molecule has 2 N–H and O–H groups in total. The van der Waals surface area contributed by atoms with Crippen LogP contribution in [0, 0.1) is 5.82 Å². The summed E-state index contributed by atoms with van der Waals surface area (Å²) in [6.07, 6.45) is 3.60. The Balaban J connectivity index is 1.38. The number of carbonyl (C=O) groups excluding carboxylic acids is 2. The number of aromatic nitrogens is 2. The predicted octanol–water partition coefficient (Wildman–Crippen LogP) is 2.24. The summed E-state index contributed by atoms with van der Waals surface area (Å²) in [5.74, 6) is 0.249. The SMILES string of the molecule is O=C(NCCC(=O)N1CCN(c2ncccn2)CC1)Nc1ccc(F)cc1Br. The van der Waals surface area contributed by atoms with Crippen LogP contribution in [0.2, 0.25) is 0 Å². The van der Waals surface area contributed by atoms with E-state index in [1.807, 2.05) is 4.90 Å². The Morgan fingerprint density at radius 2 is 1.86 bits per heavy atom. The van der Waals surface area contributed by atoms with Crippen LogP contribution in [0.4, 0.5) is 20.8 Å². The van der Waals surface area contributed by atoms with E-state index in [4.69, 9.17) is 0 Å². The van der Waals surface area contributed by atoms with Gasteiger partial charge < -0.3 is 20.4 Å². The van der Waals surface area contributed by atoms with E-state index in [1.54, 1.807) is 23.4 Å². The summed E-state index contributed by atoms with van der Waals surface area (Å²) in [5, 5.41) is 5.24. The van der Waals surface area contributed by atoms with Crippen LogP contribution in [0.25, 0.3) is 0 Å². The minimum Gasteiger partial charge on any atom is -0.339 e. The fourth-order valence-corrected chi connectivity index (χ4v) is 3.26. The molecule has 0 spiro atoms. The van der Waals surface area contributed by atoms with Crippen molar-refractivity contribution < 1.29 is 14.0 Å². The van der Waals surface area contributed by atoms with E-state index in [2.05, 4.69) is 36.5 Å². The average molecular weight is 451 g/mol. The molecule has 1 fully saturated rings. The molecule has 1 aromatic heterocycles. The number of urea groups is 1. The van der Waals surface area contributed by atoms with Gasteiger partial charge in [-0.15, -0.1) is 0 Å². The molecule has 3 rings (SSSR count). The molecule has 0 aliphatic carbocycles. The van der Waals surface area contributed by atoms with Gasteiger partial charge in [0.05, 0.1) is 5.69 Å². The Morgan fingerprint density at radius 3 is 2.54 bits per heavy atom. The third-order valence-corrected chi connectivity index (χ3v) is 4.93. The van der Waals surface area contributed by atoms with E-state index >= 15 is 0 Å². The van der Waals surface area contributed by atoms with Gasteiger partial charge in [0.15, 0.2) is 0 Å². The Labute approximate surface area is 170 Å². The number of amides is 3. The number of rotatable bonds is 5. The van der Waals surface area contributed by atoms with Crippen molar-refractivity contribution in [1.82, 2.24) is 20.2 Å². The van der Waals surface area contributed by atoms with Crippen LogP contribution in [-0.4, -0.2) is 59.5 Å². The Hall–Kier alpha value is -2.75. The van der Waals surface area contributed by atoms with E-state index in [1.165, 1.54) is 18.2 Å². The van der Waals surface area contributed by atoms with Gasteiger partial charge in [-0.1, -0.05) is 0 Å². The van der Waals surface area contributed by atoms with Gasteiger partial charge in [-0.2, -0.15) is 0 Å². The van der Waals surface area contributed by atoms with Crippen LogP contribution in [0.1, 0.15) is 6.42 Å². The first-order valence-corrected chi connectivity index (χ1v) is 9.62. The molecular weight excluding hydrogens is 431 g/mol. The first-order valence-electron chi connectivity index (χ1n) is 8.82. The van der Waals surface area contributed by atoms with Gasteiger partial charge in [0.1, 0.15) is 5.82 Å². The quantitative estimate of drug-likeness (QED) is 0.728. The van der Waals surface area contributed by atoms with Crippen molar-refractivity contribution in [2.75, 3.05) is 42.9 Å².